The van der Waals surface area contributed by atoms with Crippen molar-refractivity contribution in [2.45, 2.75) is 19.3 Å². The standard InChI is InChI=1S/C15H13N3S/c1-2-4-11-10(3-1)9-12-15(11)18-14(19-12)6-5-13-16-7-8-17-13/h1-4,7-8H,5-6,9H2,(H,16,17). The average Bonchev–Trinajstić information content (AvgIpc) is 3.12. The second kappa shape index (κ2) is 4.31. The molecule has 4 rings (SSSR count). The number of aromatic nitrogens is 3. The molecule has 0 saturated carbocycles. The SMILES string of the molecule is c1ccc2c(c1)Cc1sc(CCc3ncc[nH]3)nc1-2. The van der Waals surface area contributed by atoms with Gasteiger partial charge in [-0.1, -0.05) is 24.3 Å². The Balaban J connectivity index is 1.59. The van der Waals surface area contributed by atoms with Crippen molar-refractivity contribution in [3.05, 3.63) is 57.9 Å². The van der Waals surface area contributed by atoms with Crippen LogP contribution < -0.4 is 0 Å². The van der Waals surface area contributed by atoms with E-state index in [4.69, 9.17) is 4.98 Å². The van der Waals surface area contributed by atoms with Crippen LogP contribution in [0.5, 0.6) is 0 Å². The van der Waals surface area contributed by atoms with Gasteiger partial charge in [0.1, 0.15) is 5.82 Å². The number of thiazole rings is 1. The van der Waals surface area contributed by atoms with Gasteiger partial charge in [0.2, 0.25) is 0 Å². The van der Waals surface area contributed by atoms with Gasteiger partial charge in [0.05, 0.1) is 10.7 Å². The maximum Gasteiger partial charge on any atom is 0.106 e. The number of H-pyrrole nitrogens is 1. The van der Waals surface area contributed by atoms with Crippen LogP contribution in [0.2, 0.25) is 0 Å². The first-order valence-electron chi connectivity index (χ1n) is 6.45. The van der Waals surface area contributed by atoms with Crippen molar-refractivity contribution in [1.29, 1.82) is 0 Å². The fourth-order valence-corrected chi connectivity index (χ4v) is 3.68. The molecule has 1 N–H and O–H groups in total. The third kappa shape index (κ3) is 1.88. The van der Waals surface area contributed by atoms with Crippen molar-refractivity contribution >= 4 is 11.3 Å². The van der Waals surface area contributed by atoms with Gasteiger partial charge in [0.15, 0.2) is 0 Å². The van der Waals surface area contributed by atoms with E-state index in [1.807, 2.05) is 17.5 Å². The largest absolute Gasteiger partial charge is 0.349 e. The van der Waals surface area contributed by atoms with Crippen LogP contribution in [0.3, 0.4) is 0 Å². The molecule has 4 heteroatoms. The van der Waals surface area contributed by atoms with Crippen LogP contribution in [-0.4, -0.2) is 15.0 Å². The highest BCUT2D eigenvalue weighted by Gasteiger charge is 2.22. The molecule has 2 aromatic heterocycles. The van der Waals surface area contributed by atoms with Crippen LogP contribution in [0.1, 0.15) is 21.3 Å². The molecule has 0 bridgehead atoms. The Bertz CT molecular complexity index is 713. The summed E-state index contributed by atoms with van der Waals surface area (Å²) in [5, 5.41) is 1.22. The van der Waals surface area contributed by atoms with Gasteiger partial charge >= 0.3 is 0 Å². The summed E-state index contributed by atoms with van der Waals surface area (Å²) in [6.45, 7) is 0. The van der Waals surface area contributed by atoms with Crippen molar-refractivity contribution in [3.8, 4) is 11.3 Å². The van der Waals surface area contributed by atoms with E-state index in [1.165, 1.54) is 26.7 Å². The Kier molecular flexibility index (Phi) is 2.48. The zero-order valence-electron chi connectivity index (χ0n) is 10.4. The second-order valence-corrected chi connectivity index (χ2v) is 5.92. The summed E-state index contributed by atoms with van der Waals surface area (Å²) < 4.78 is 0. The number of aryl methyl sites for hydroxylation is 2. The summed E-state index contributed by atoms with van der Waals surface area (Å²) in [6.07, 6.45) is 6.61. The van der Waals surface area contributed by atoms with E-state index in [-0.39, 0.29) is 0 Å². The van der Waals surface area contributed by atoms with Crippen LogP contribution in [0.4, 0.5) is 0 Å². The maximum atomic E-state index is 4.81. The first kappa shape index (κ1) is 10.9. The monoisotopic (exact) mass is 267 g/mol. The lowest BCUT2D eigenvalue weighted by atomic mass is 10.1. The van der Waals surface area contributed by atoms with E-state index < -0.39 is 0 Å². The average molecular weight is 267 g/mol. The lowest BCUT2D eigenvalue weighted by Gasteiger charge is -1.98. The Labute approximate surface area is 115 Å². The van der Waals surface area contributed by atoms with Gasteiger partial charge in [0.25, 0.3) is 0 Å². The maximum absolute atomic E-state index is 4.81. The molecule has 1 aliphatic carbocycles. The number of imidazole rings is 1. The number of aromatic amines is 1. The smallest absolute Gasteiger partial charge is 0.106 e. The normalized spacial score (nSPS) is 12.4. The van der Waals surface area contributed by atoms with Crippen molar-refractivity contribution in [1.82, 2.24) is 15.0 Å². The van der Waals surface area contributed by atoms with E-state index in [2.05, 4.69) is 34.2 Å². The van der Waals surface area contributed by atoms with Crippen molar-refractivity contribution < 1.29 is 0 Å². The van der Waals surface area contributed by atoms with E-state index in [0.29, 0.717) is 0 Å². The van der Waals surface area contributed by atoms with Gasteiger partial charge < -0.3 is 4.98 Å². The predicted octanol–water partition coefficient (Wildman–Crippen LogP) is 3.22. The van der Waals surface area contributed by atoms with E-state index >= 15 is 0 Å². The highest BCUT2D eigenvalue weighted by molar-refractivity contribution is 7.12. The van der Waals surface area contributed by atoms with E-state index in [1.54, 1.807) is 6.20 Å². The van der Waals surface area contributed by atoms with Gasteiger partial charge in [-0.15, -0.1) is 11.3 Å². The number of nitrogens with one attached hydrogen (secondary N) is 1. The first-order chi connectivity index (χ1) is 9.40. The topological polar surface area (TPSA) is 41.6 Å². The molecule has 94 valence electrons. The zero-order valence-corrected chi connectivity index (χ0v) is 11.2. The molecule has 0 unspecified atom stereocenters. The van der Waals surface area contributed by atoms with E-state index in [9.17, 15) is 0 Å². The fraction of sp³-hybridized carbons (Fsp3) is 0.200. The molecule has 0 saturated heterocycles. The molecular weight excluding hydrogens is 254 g/mol. The van der Waals surface area contributed by atoms with Crippen LogP contribution in [0.25, 0.3) is 11.3 Å². The van der Waals surface area contributed by atoms with Crippen molar-refractivity contribution in [2.75, 3.05) is 0 Å². The summed E-state index contributed by atoms with van der Waals surface area (Å²) in [5.41, 5.74) is 3.93. The summed E-state index contributed by atoms with van der Waals surface area (Å²) in [4.78, 5) is 13.6. The molecule has 0 radical (unpaired) electrons. The first-order valence-corrected chi connectivity index (χ1v) is 7.27. The molecule has 1 aromatic carbocycles. The molecule has 0 amide bonds. The molecule has 19 heavy (non-hydrogen) atoms. The molecular formula is C15H13N3S. The number of fused-ring (bicyclic) bond motifs is 3. The Morgan fingerprint density at radius 1 is 1.21 bits per heavy atom. The minimum atomic E-state index is 0.932. The number of rotatable bonds is 3. The number of benzene rings is 1. The third-order valence-corrected chi connectivity index (χ3v) is 4.61. The summed E-state index contributed by atoms with van der Waals surface area (Å²) >= 11 is 1.85. The highest BCUT2D eigenvalue weighted by Crippen LogP contribution is 2.39. The van der Waals surface area contributed by atoms with Gasteiger partial charge in [-0.2, -0.15) is 0 Å². The van der Waals surface area contributed by atoms with Gasteiger partial charge in [-0.3, -0.25) is 0 Å². The van der Waals surface area contributed by atoms with Crippen molar-refractivity contribution in [2.24, 2.45) is 0 Å². The van der Waals surface area contributed by atoms with Crippen LogP contribution in [0.15, 0.2) is 36.7 Å². The van der Waals surface area contributed by atoms with Crippen LogP contribution in [-0.2, 0) is 19.3 Å². The Morgan fingerprint density at radius 2 is 2.16 bits per heavy atom. The highest BCUT2D eigenvalue weighted by atomic mass is 32.1. The fourth-order valence-electron chi connectivity index (χ4n) is 2.58. The Hall–Kier alpha value is -1.94. The van der Waals surface area contributed by atoms with Gasteiger partial charge in [0, 0.05) is 42.1 Å². The Morgan fingerprint density at radius 3 is 3.05 bits per heavy atom. The molecule has 3 aromatic rings. The second-order valence-electron chi connectivity index (χ2n) is 4.75. The lowest BCUT2D eigenvalue weighted by Crippen LogP contribution is -1.93. The van der Waals surface area contributed by atoms with Crippen molar-refractivity contribution in [3.63, 3.8) is 0 Å². The predicted molar refractivity (Wildman–Crippen MR) is 76.4 cm³/mol. The molecule has 0 atom stereocenters. The minimum Gasteiger partial charge on any atom is -0.349 e. The number of hydrogen-bond donors (Lipinski definition) is 1. The molecule has 0 spiro atoms. The molecule has 1 aliphatic rings. The third-order valence-electron chi connectivity index (χ3n) is 3.50. The van der Waals surface area contributed by atoms with Gasteiger partial charge in [-0.25, -0.2) is 9.97 Å². The quantitative estimate of drug-likeness (QED) is 0.619. The zero-order chi connectivity index (χ0) is 12.7. The summed E-state index contributed by atoms with van der Waals surface area (Å²) in [7, 11) is 0. The van der Waals surface area contributed by atoms with Crippen LogP contribution >= 0.6 is 11.3 Å². The van der Waals surface area contributed by atoms with Gasteiger partial charge in [-0.05, 0) is 5.56 Å². The van der Waals surface area contributed by atoms with Crippen LogP contribution in [0, 0.1) is 0 Å². The summed E-state index contributed by atoms with van der Waals surface area (Å²) in [6, 6.07) is 8.58. The van der Waals surface area contributed by atoms with E-state index in [0.717, 1.165) is 25.1 Å². The molecule has 0 aliphatic heterocycles. The molecule has 3 nitrogen and oxygen atoms in total. The lowest BCUT2D eigenvalue weighted by molar-refractivity contribution is 0.876. The molecule has 2 heterocycles. The number of nitrogens with zero attached hydrogens (tertiary/aromatic N) is 2. The minimum absolute atomic E-state index is 0.932. The number of hydrogen-bond acceptors (Lipinski definition) is 3. The summed E-state index contributed by atoms with van der Waals surface area (Å²) in [5.74, 6) is 1.04. The molecule has 0 fully saturated rings.